The number of sulfonamides is 1. The molecule has 0 aliphatic carbocycles. The second-order valence-corrected chi connectivity index (χ2v) is 7.23. The Balaban J connectivity index is 1.66. The van der Waals surface area contributed by atoms with E-state index in [0.29, 0.717) is 18.0 Å². The van der Waals surface area contributed by atoms with Crippen LogP contribution in [-0.4, -0.2) is 45.8 Å². The molecule has 2 aliphatic heterocycles. The fraction of sp³-hybridized carbons (Fsp3) is 0.571. The van der Waals surface area contributed by atoms with E-state index in [4.69, 9.17) is 9.47 Å². The molecule has 0 radical (unpaired) electrons. The number of likely N-dealkylation sites (tertiary alicyclic amines) is 1. The summed E-state index contributed by atoms with van der Waals surface area (Å²) in [4.78, 5) is 2.52. The average molecular weight is 312 g/mol. The first-order valence-electron chi connectivity index (χ1n) is 7.20. The highest BCUT2D eigenvalue weighted by molar-refractivity contribution is 7.89. The molecule has 1 saturated heterocycles. The Hall–Kier alpha value is -1.31. The lowest BCUT2D eigenvalue weighted by Crippen LogP contribution is -2.40. The van der Waals surface area contributed by atoms with Crippen LogP contribution in [0.5, 0.6) is 11.5 Å². The molecule has 2 heterocycles. The van der Waals surface area contributed by atoms with Gasteiger partial charge < -0.3 is 9.47 Å². The van der Waals surface area contributed by atoms with Gasteiger partial charge in [-0.3, -0.25) is 4.90 Å². The predicted molar refractivity (Wildman–Crippen MR) is 78.0 cm³/mol. The summed E-state index contributed by atoms with van der Waals surface area (Å²) < 4.78 is 37.7. The highest BCUT2D eigenvalue weighted by Crippen LogP contribution is 2.33. The normalized spacial score (nSPS) is 19.9. The van der Waals surface area contributed by atoms with Gasteiger partial charge in [0.1, 0.15) is 0 Å². The van der Waals surface area contributed by atoms with Gasteiger partial charge in [-0.1, -0.05) is 0 Å². The summed E-state index contributed by atoms with van der Waals surface area (Å²) in [5.41, 5.74) is 0. The van der Waals surface area contributed by atoms with E-state index in [1.54, 1.807) is 6.07 Å². The van der Waals surface area contributed by atoms with Crippen LogP contribution in [0.1, 0.15) is 19.8 Å². The van der Waals surface area contributed by atoms with Crippen LogP contribution in [0.15, 0.2) is 23.1 Å². The molecule has 2 aliphatic rings. The van der Waals surface area contributed by atoms with E-state index in [2.05, 4.69) is 9.62 Å². The maximum absolute atomic E-state index is 12.3. The van der Waals surface area contributed by atoms with Gasteiger partial charge in [0.25, 0.3) is 0 Å². The monoisotopic (exact) mass is 312 g/mol. The molecule has 1 aromatic rings. The third-order valence-electron chi connectivity index (χ3n) is 3.99. The molecule has 7 heteroatoms. The number of ether oxygens (including phenoxy) is 2. The molecule has 21 heavy (non-hydrogen) atoms. The van der Waals surface area contributed by atoms with Gasteiger partial charge in [-0.2, -0.15) is 0 Å². The molecule has 3 rings (SSSR count). The standard InChI is InChI=1S/C14H20N2O4S/c1-11(16-6-2-3-7-16)9-15-21(17,18)12-4-5-13-14(8-12)20-10-19-13/h4-5,8,11,15H,2-3,6-7,9-10H2,1H3/t11-/m0/s1. The van der Waals surface area contributed by atoms with E-state index in [9.17, 15) is 8.42 Å². The highest BCUT2D eigenvalue weighted by atomic mass is 32.2. The van der Waals surface area contributed by atoms with Gasteiger partial charge in [0.05, 0.1) is 4.90 Å². The Bertz CT molecular complexity index is 611. The molecule has 0 aromatic heterocycles. The van der Waals surface area contributed by atoms with Crippen LogP contribution < -0.4 is 14.2 Å². The highest BCUT2D eigenvalue weighted by Gasteiger charge is 2.23. The quantitative estimate of drug-likeness (QED) is 0.884. The molecule has 1 atom stereocenters. The topological polar surface area (TPSA) is 67.9 Å². The zero-order chi connectivity index (χ0) is 14.9. The Morgan fingerprint density at radius 3 is 2.71 bits per heavy atom. The molecule has 116 valence electrons. The SMILES string of the molecule is C[C@@H](CNS(=O)(=O)c1ccc2c(c1)OCO2)N1CCCC1. The van der Waals surface area contributed by atoms with Crippen LogP contribution in [-0.2, 0) is 10.0 Å². The summed E-state index contributed by atoms with van der Waals surface area (Å²) >= 11 is 0. The predicted octanol–water partition coefficient (Wildman–Crippen LogP) is 1.18. The van der Waals surface area contributed by atoms with Gasteiger partial charge in [-0.15, -0.1) is 0 Å². The molecule has 6 nitrogen and oxygen atoms in total. The molecular formula is C14H20N2O4S. The number of rotatable bonds is 5. The maximum Gasteiger partial charge on any atom is 0.240 e. The summed E-state index contributed by atoms with van der Waals surface area (Å²) in [5.74, 6) is 1.06. The third kappa shape index (κ3) is 3.14. The Morgan fingerprint density at radius 2 is 1.95 bits per heavy atom. The Morgan fingerprint density at radius 1 is 1.24 bits per heavy atom. The lowest BCUT2D eigenvalue weighted by atomic mass is 10.3. The van der Waals surface area contributed by atoms with E-state index in [1.165, 1.54) is 25.0 Å². The van der Waals surface area contributed by atoms with Crippen molar-refractivity contribution in [1.29, 1.82) is 0 Å². The second kappa shape index (κ2) is 5.82. The van der Waals surface area contributed by atoms with Gasteiger partial charge in [0, 0.05) is 18.7 Å². The summed E-state index contributed by atoms with van der Waals surface area (Å²) in [6.07, 6.45) is 2.39. The van der Waals surface area contributed by atoms with Gasteiger partial charge in [-0.05, 0) is 45.0 Å². The molecular weight excluding hydrogens is 292 g/mol. The zero-order valence-corrected chi connectivity index (χ0v) is 12.9. The van der Waals surface area contributed by atoms with Gasteiger partial charge in [-0.25, -0.2) is 13.1 Å². The van der Waals surface area contributed by atoms with Crippen molar-refractivity contribution in [3.05, 3.63) is 18.2 Å². The number of hydrogen-bond acceptors (Lipinski definition) is 5. The van der Waals surface area contributed by atoms with Crippen molar-refractivity contribution in [2.45, 2.75) is 30.7 Å². The zero-order valence-electron chi connectivity index (χ0n) is 12.0. The van der Waals surface area contributed by atoms with Crippen LogP contribution in [0.3, 0.4) is 0 Å². The molecule has 1 N–H and O–H groups in total. The molecule has 0 unspecified atom stereocenters. The molecule has 0 saturated carbocycles. The molecule has 0 spiro atoms. The molecule has 0 bridgehead atoms. The first kappa shape index (κ1) is 14.6. The first-order chi connectivity index (χ1) is 10.1. The first-order valence-corrected chi connectivity index (χ1v) is 8.68. The van der Waals surface area contributed by atoms with Crippen molar-refractivity contribution >= 4 is 10.0 Å². The van der Waals surface area contributed by atoms with E-state index >= 15 is 0 Å². The number of fused-ring (bicyclic) bond motifs is 1. The fourth-order valence-corrected chi connectivity index (χ4v) is 3.81. The summed E-state index contributed by atoms with van der Waals surface area (Å²) in [5, 5.41) is 0. The van der Waals surface area contributed by atoms with E-state index in [0.717, 1.165) is 13.1 Å². The van der Waals surface area contributed by atoms with Crippen molar-refractivity contribution in [3.8, 4) is 11.5 Å². The van der Waals surface area contributed by atoms with Crippen molar-refractivity contribution in [3.63, 3.8) is 0 Å². The second-order valence-electron chi connectivity index (χ2n) is 5.46. The molecule has 0 amide bonds. The van der Waals surface area contributed by atoms with Crippen LogP contribution in [0.25, 0.3) is 0 Å². The minimum Gasteiger partial charge on any atom is -0.454 e. The van der Waals surface area contributed by atoms with Gasteiger partial charge in [0.2, 0.25) is 16.8 Å². The van der Waals surface area contributed by atoms with Crippen LogP contribution >= 0.6 is 0 Å². The molecule has 1 fully saturated rings. The van der Waals surface area contributed by atoms with Crippen LogP contribution in [0.4, 0.5) is 0 Å². The van der Waals surface area contributed by atoms with Crippen molar-refractivity contribution in [1.82, 2.24) is 9.62 Å². The Labute approximate surface area is 125 Å². The summed E-state index contributed by atoms with van der Waals surface area (Å²) in [7, 11) is -3.52. The van der Waals surface area contributed by atoms with Crippen LogP contribution in [0, 0.1) is 0 Å². The summed E-state index contributed by atoms with van der Waals surface area (Å²) in [6.45, 7) is 4.70. The largest absolute Gasteiger partial charge is 0.454 e. The molecule has 1 aromatic carbocycles. The number of hydrogen-bond donors (Lipinski definition) is 1. The number of nitrogens with one attached hydrogen (secondary N) is 1. The van der Waals surface area contributed by atoms with Crippen molar-refractivity contribution < 1.29 is 17.9 Å². The minimum atomic E-state index is -3.52. The van der Waals surface area contributed by atoms with E-state index < -0.39 is 10.0 Å². The summed E-state index contributed by atoms with van der Waals surface area (Å²) in [6, 6.07) is 4.87. The van der Waals surface area contributed by atoms with Crippen molar-refractivity contribution in [2.24, 2.45) is 0 Å². The fourth-order valence-electron chi connectivity index (χ4n) is 2.67. The average Bonchev–Trinajstić information content (AvgIpc) is 3.14. The lowest BCUT2D eigenvalue weighted by molar-refractivity contribution is 0.174. The Kier molecular flexibility index (Phi) is 4.05. The van der Waals surface area contributed by atoms with Gasteiger partial charge in [0.15, 0.2) is 11.5 Å². The smallest absolute Gasteiger partial charge is 0.240 e. The number of nitrogens with zero attached hydrogens (tertiary/aromatic N) is 1. The van der Waals surface area contributed by atoms with E-state index in [-0.39, 0.29) is 17.7 Å². The third-order valence-corrected chi connectivity index (χ3v) is 5.41. The van der Waals surface area contributed by atoms with Crippen LogP contribution in [0.2, 0.25) is 0 Å². The number of benzene rings is 1. The maximum atomic E-state index is 12.3. The minimum absolute atomic E-state index is 0.137. The van der Waals surface area contributed by atoms with E-state index in [1.807, 2.05) is 6.92 Å². The van der Waals surface area contributed by atoms with Crippen molar-refractivity contribution in [2.75, 3.05) is 26.4 Å². The lowest BCUT2D eigenvalue weighted by Gasteiger charge is -2.23. The van der Waals surface area contributed by atoms with Gasteiger partial charge >= 0.3 is 0 Å².